The number of rotatable bonds is 6. The SMILES string of the molecule is c1ccc(-c2ccc(N(c3ccc(-c4c5ccccc5c(-c5cccc6ccccc56)c5ccccc45)cc3)c3ccccn3)cc2)cc1. The van der Waals surface area contributed by atoms with Crippen molar-refractivity contribution in [2.24, 2.45) is 0 Å². The van der Waals surface area contributed by atoms with Gasteiger partial charge in [0.15, 0.2) is 0 Å². The molecular formula is C47H32N2. The van der Waals surface area contributed by atoms with Gasteiger partial charge in [0.1, 0.15) is 5.82 Å². The van der Waals surface area contributed by atoms with Gasteiger partial charge in [-0.3, -0.25) is 4.90 Å². The summed E-state index contributed by atoms with van der Waals surface area (Å²) >= 11 is 0. The molecule has 0 aliphatic carbocycles. The van der Waals surface area contributed by atoms with Gasteiger partial charge in [0.05, 0.1) is 0 Å². The fraction of sp³-hybridized carbons (Fsp3) is 0. The lowest BCUT2D eigenvalue weighted by Gasteiger charge is -2.25. The van der Waals surface area contributed by atoms with Crippen molar-refractivity contribution in [1.82, 2.24) is 4.98 Å². The Labute approximate surface area is 286 Å². The number of hydrogen-bond donors (Lipinski definition) is 0. The van der Waals surface area contributed by atoms with Crippen LogP contribution in [0.4, 0.5) is 17.2 Å². The summed E-state index contributed by atoms with van der Waals surface area (Å²) in [5, 5.41) is 7.52. The third kappa shape index (κ3) is 5.11. The molecular weight excluding hydrogens is 593 g/mol. The Morgan fingerprint density at radius 2 is 0.816 bits per heavy atom. The van der Waals surface area contributed by atoms with Crippen molar-refractivity contribution < 1.29 is 0 Å². The fourth-order valence-electron chi connectivity index (χ4n) is 7.28. The third-order valence-corrected chi connectivity index (χ3v) is 9.52. The molecule has 0 radical (unpaired) electrons. The Bertz CT molecular complexity index is 2510. The van der Waals surface area contributed by atoms with Crippen LogP contribution >= 0.6 is 0 Å². The number of pyridine rings is 1. The molecule has 0 bridgehead atoms. The lowest BCUT2D eigenvalue weighted by Crippen LogP contribution is -2.11. The Morgan fingerprint density at radius 1 is 0.327 bits per heavy atom. The van der Waals surface area contributed by atoms with E-state index in [9.17, 15) is 0 Å². The van der Waals surface area contributed by atoms with Crippen molar-refractivity contribution in [3.63, 3.8) is 0 Å². The molecule has 0 fully saturated rings. The minimum absolute atomic E-state index is 0.873. The van der Waals surface area contributed by atoms with Gasteiger partial charge in [-0.15, -0.1) is 0 Å². The molecule has 0 aliphatic heterocycles. The molecule has 0 aliphatic rings. The second-order valence-electron chi connectivity index (χ2n) is 12.4. The van der Waals surface area contributed by atoms with E-state index in [1.165, 1.54) is 65.7 Å². The van der Waals surface area contributed by atoms with Crippen LogP contribution in [0.25, 0.3) is 65.7 Å². The van der Waals surface area contributed by atoms with Crippen molar-refractivity contribution in [1.29, 1.82) is 0 Å². The molecule has 1 heterocycles. The molecule has 230 valence electrons. The second-order valence-corrected chi connectivity index (χ2v) is 12.4. The molecule has 9 aromatic rings. The van der Waals surface area contributed by atoms with Gasteiger partial charge in [-0.25, -0.2) is 4.98 Å². The number of nitrogens with zero attached hydrogens (tertiary/aromatic N) is 2. The van der Waals surface area contributed by atoms with E-state index in [1.807, 2.05) is 18.3 Å². The van der Waals surface area contributed by atoms with Crippen LogP contribution in [0.15, 0.2) is 194 Å². The molecule has 0 saturated heterocycles. The van der Waals surface area contributed by atoms with Crippen molar-refractivity contribution >= 4 is 49.5 Å². The van der Waals surface area contributed by atoms with E-state index in [2.05, 4.69) is 181 Å². The van der Waals surface area contributed by atoms with Gasteiger partial charge in [0.2, 0.25) is 0 Å². The monoisotopic (exact) mass is 624 g/mol. The molecule has 0 spiro atoms. The maximum Gasteiger partial charge on any atom is 0.137 e. The molecule has 0 unspecified atom stereocenters. The summed E-state index contributed by atoms with van der Waals surface area (Å²) in [7, 11) is 0. The van der Waals surface area contributed by atoms with Crippen molar-refractivity contribution in [3.8, 4) is 33.4 Å². The van der Waals surface area contributed by atoms with Gasteiger partial charge in [-0.2, -0.15) is 0 Å². The molecule has 0 saturated carbocycles. The maximum atomic E-state index is 4.76. The average Bonchev–Trinajstić information content (AvgIpc) is 3.18. The lowest BCUT2D eigenvalue weighted by atomic mass is 9.85. The Hall–Kier alpha value is -6.51. The topological polar surface area (TPSA) is 16.1 Å². The fourth-order valence-corrected chi connectivity index (χ4v) is 7.28. The summed E-state index contributed by atoms with van der Waals surface area (Å²) in [6.07, 6.45) is 1.85. The van der Waals surface area contributed by atoms with Crippen LogP contribution in [0.2, 0.25) is 0 Å². The van der Waals surface area contributed by atoms with Crippen LogP contribution in [0, 0.1) is 0 Å². The van der Waals surface area contributed by atoms with Crippen LogP contribution in [-0.4, -0.2) is 4.98 Å². The smallest absolute Gasteiger partial charge is 0.137 e. The van der Waals surface area contributed by atoms with Crippen LogP contribution in [0.3, 0.4) is 0 Å². The van der Waals surface area contributed by atoms with E-state index in [-0.39, 0.29) is 0 Å². The summed E-state index contributed by atoms with van der Waals surface area (Å²) < 4.78 is 0. The first kappa shape index (κ1) is 28.7. The van der Waals surface area contributed by atoms with E-state index in [0.29, 0.717) is 0 Å². The summed E-state index contributed by atoms with van der Waals surface area (Å²) in [5.74, 6) is 0.873. The Kier molecular flexibility index (Phi) is 7.18. The standard InChI is InChI=1S/C47H32N2/c1-2-13-33(14-3-1)34-24-28-37(29-25-34)49(45-23-10-11-32-48-45)38-30-26-36(27-31-38)46-41-18-6-8-20-43(41)47(44-21-9-7-19-42(44)46)40-22-12-16-35-15-4-5-17-39(35)40/h1-32H. The molecule has 1 aromatic heterocycles. The zero-order valence-corrected chi connectivity index (χ0v) is 26.9. The van der Waals surface area contributed by atoms with Crippen molar-refractivity contribution in [3.05, 3.63) is 194 Å². The first-order chi connectivity index (χ1) is 24.3. The third-order valence-electron chi connectivity index (χ3n) is 9.52. The molecule has 9 rings (SSSR count). The highest BCUT2D eigenvalue weighted by Gasteiger charge is 2.19. The van der Waals surface area contributed by atoms with E-state index in [4.69, 9.17) is 4.98 Å². The number of benzene rings is 8. The summed E-state index contributed by atoms with van der Waals surface area (Å²) in [6, 6.07) is 67.3. The van der Waals surface area contributed by atoms with Gasteiger partial charge in [-0.1, -0.05) is 152 Å². The van der Waals surface area contributed by atoms with Gasteiger partial charge in [0.25, 0.3) is 0 Å². The predicted molar refractivity (Wildman–Crippen MR) is 208 cm³/mol. The molecule has 2 nitrogen and oxygen atoms in total. The number of aromatic nitrogens is 1. The predicted octanol–water partition coefficient (Wildman–Crippen LogP) is 13.0. The normalized spacial score (nSPS) is 11.3. The zero-order valence-electron chi connectivity index (χ0n) is 26.9. The summed E-state index contributed by atoms with van der Waals surface area (Å²) in [4.78, 5) is 6.98. The van der Waals surface area contributed by atoms with Crippen molar-refractivity contribution in [2.45, 2.75) is 0 Å². The minimum atomic E-state index is 0.873. The van der Waals surface area contributed by atoms with Gasteiger partial charge in [0, 0.05) is 17.6 Å². The summed E-state index contributed by atoms with van der Waals surface area (Å²) in [6.45, 7) is 0. The van der Waals surface area contributed by atoms with Crippen molar-refractivity contribution in [2.75, 3.05) is 4.90 Å². The van der Waals surface area contributed by atoms with Crippen LogP contribution < -0.4 is 4.90 Å². The molecule has 2 heteroatoms. The van der Waals surface area contributed by atoms with Gasteiger partial charge in [-0.05, 0) is 102 Å². The molecule has 49 heavy (non-hydrogen) atoms. The van der Waals surface area contributed by atoms with Gasteiger partial charge < -0.3 is 0 Å². The molecule has 8 aromatic carbocycles. The van der Waals surface area contributed by atoms with Gasteiger partial charge >= 0.3 is 0 Å². The van der Waals surface area contributed by atoms with Crippen LogP contribution in [0.1, 0.15) is 0 Å². The number of hydrogen-bond acceptors (Lipinski definition) is 2. The van der Waals surface area contributed by atoms with Crippen LogP contribution in [0.5, 0.6) is 0 Å². The lowest BCUT2D eigenvalue weighted by molar-refractivity contribution is 1.18. The largest absolute Gasteiger partial charge is 0.295 e. The maximum absolute atomic E-state index is 4.76. The van der Waals surface area contributed by atoms with E-state index < -0.39 is 0 Å². The molecule has 0 atom stereocenters. The first-order valence-corrected chi connectivity index (χ1v) is 16.7. The highest BCUT2D eigenvalue weighted by molar-refractivity contribution is 6.23. The second kappa shape index (κ2) is 12.3. The zero-order chi connectivity index (χ0) is 32.6. The van der Waals surface area contributed by atoms with E-state index >= 15 is 0 Å². The first-order valence-electron chi connectivity index (χ1n) is 16.7. The average molecular weight is 625 g/mol. The Balaban J connectivity index is 1.19. The summed E-state index contributed by atoms with van der Waals surface area (Å²) in [5.41, 5.74) is 9.47. The molecule has 0 amide bonds. The molecule has 0 N–H and O–H groups in total. The van der Waals surface area contributed by atoms with Crippen LogP contribution in [-0.2, 0) is 0 Å². The van der Waals surface area contributed by atoms with E-state index in [0.717, 1.165) is 17.2 Å². The quantitative estimate of drug-likeness (QED) is 0.171. The van der Waals surface area contributed by atoms with E-state index in [1.54, 1.807) is 0 Å². The number of fused-ring (bicyclic) bond motifs is 3. The minimum Gasteiger partial charge on any atom is -0.295 e. The highest BCUT2D eigenvalue weighted by Crippen LogP contribution is 2.46. The Morgan fingerprint density at radius 3 is 1.43 bits per heavy atom. The highest BCUT2D eigenvalue weighted by atomic mass is 15.2. The number of anilines is 3.